The van der Waals surface area contributed by atoms with Crippen LogP contribution in [0.2, 0.25) is 0 Å². The van der Waals surface area contributed by atoms with Gasteiger partial charge in [-0.2, -0.15) is 0 Å². The highest BCUT2D eigenvalue weighted by molar-refractivity contribution is 5.76. The summed E-state index contributed by atoms with van der Waals surface area (Å²) in [5.41, 5.74) is 7.76. The lowest BCUT2D eigenvalue weighted by Crippen LogP contribution is -2.51. The largest absolute Gasteiger partial charge is 0.481 e. The van der Waals surface area contributed by atoms with Gasteiger partial charge in [-0.15, -0.1) is 0 Å². The fraction of sp³-hybridized carbons (Fsp3) is 0.661. The van der Waals surface area contributed by atoms with Crippen LogP contribution in [0.25, 0.3) is 0 Å². The highest BCUT2D eigenvalue weighted by Gasteiger charge is 2.42. The van der Waals surface area contributed by atoms with Gasteiger partial charge in [-0.25, -0.2) is 4.79 Å². The van der Waals surface area contributed by atoms with Crippen LogP contribution in [-0.2, 0) is 25.8 Å². The summed E-state index contributed by atoms with van der Waals surface area (Å²) in [6.45, 7) is 13.4. The maximum absolute atomic E-state index is 12.1. The Balaban J connectivity index is 0.000000356. The molecule has 1 heterocycles. The number of piperidine rings is 1. The van der Waals surface area contributed by atoms with Gasteiger partial charge >= 0.3 is 12.1 Å². The van der Waals surface area contributed by atoms with Crippen LogP contribution in [0.4, 0.5) is 16.2 Å². The van der Waals surface area contributed by atoms with Crippen molar-refractivity contribution < 1.29 is 29.1 Å². The van der Waals surface area contributed by atoms with Gasteiger partial charge in [-0.1, -0.05) is 222 Å². The normalized spacial score (nSPS) is 13.1. The molecule has 1 aliphatic heterocycles. The minimum Gasteiger partial charge on any atom is -0.481 e. The third kappa shape index (κ3) is 33.2. The number of amides is 1. The molecule has 1 fully saturated rings. The third-order valence-electron chi connectivity index (χ3n) is 12.6. The Morgan fingerprint density at radius 2 is 0.884 bits per heavy atom. The number of carbonyl (C=O) groups is 2. The van der Waals surface area contributed by atoms with E-state index in [1.54, 1.807) is 4.90 Å². The maximum Gasteiger partial charge on any atom is 0.410 e. The van der Waals surface area contributed by atoms with Crippen LogP contribution in [-0.4, -0.2) is 60.5 Å². The molecule has 3 aromatic carbocycles. The fourth-order valence-electron chi connectivity index (χ4n) is 8.26. The SMILES string of the molecule is CC(C)(C)OC(=O)N1CCC(CNCc2ccccc2)(C(=O)O)CC1.CCCCCCCCCCCCCCONc1ccccc1.CCCCCCCCCCCCCCONc1ccccc1. The molecule has 1 saturated heterocycles. The van der Waals surface area contributed by atoms with Crippen LogP contribution in [0.5, 0.6) is 0 Å². The molecule has 390 valence electrons. The van der Waals surface area contributed by atoms with Crippen molar-refractivity contribution >= 4 is 23.4 Å². The summed E-state index contributed by atoms with van der Waals surface area (Å²) in [6, 6.07) is 30.0. The molecule has 0 radical (unpaired) electrons. The molecule has 10 nitrogen and oxygen atoms in total. The number of aliphatic carboxylic acids is 1. The first-order valence-corrected chi connectivity index (χ1v) is 27.4. The Kier molecular flexibility index (Phi) is 35.9. The number of hydrogen-bond acceptors (Lipinski definition) is 8. The van der Waals surface area contributed by atoms with Crippen LogP contribution in [0.3, 0.4) is 0 Å². The summed E-state index contributed by atoms with van der Waals surface area (Å²) in [5, 5.41) is 13.0. The van der Waals surface area contributed by atoms with Crippen molar-refractivity contribution in [1.82, 2.24) is 10.2 Å². The second-order valence-electron chi connectivity index (χ2n) is 20.1. The second kappa shape index (κ2) is 40.6. The predicted octanol–water partition coefficient (Wildman–Crippen LogP) is 16.3. The van der Waals surface area contributed by atoms with E-state index in [0.29, 0.717) is 39.0 Å². The lowest BCUT2D eigenvalue weighted by Gasteiger charge is -2.39. The number of anilines is 2. The van der Waals surface area contributed by atoms with Gasteiger partial charge in [-0.3, -0.25) is 25.4 Å². The number of benzene rings is 3. The average Bonchev–Trinajstić information content (AvgIpc) is 3.35. The highest BCUT2D eigenvalue weighted by Crippen LogP contribution is 2.32. The van der Waals surface area contributed by atoms with E-state index in [4.69, 9.17) is 14.4 Å². The minimum atomic E-state index is -0.840. The van der Waals surface area contributed by atoms with E-state index >= 15 is 0 Å². The number of para-hydroxylation sites is 2. The predicted molar refractivity (Wildman–Crippen MR) is 289 cm³/mol. The molecule has 0 saturated carbocycles. The summed E-state index contributed by atoms with van der Waals surface area (Å²) in [4.78, 5) is 36.5. The molecule has 0 aliphatic carbocycles. The summed E-state index contributed by atoms with van der Waals surface area (Å²) in [6.07, 6.45) is 33.6. The Morgan fingerprint density at radius 3 is 1.23 bits per heavy atom. The Labute approximate surface area is 420 Å². The van der Waals surface area contributed by atoms with E-state index in [-0.39, 0.29) is 6.09 Å². The quantitative estimate of drug-likeness (QED) is 0.0337. The summed E-state index contributed by atoms with van der Waals surface area (Å²) in [5.74, 6) is -0.808. The van der Waals surface area contributed by atoms with E-state index in [2.05, 4.69) is 30.1 Å². The van der Waals surface area contributed by atoms with Crippen molar-refractivity contribution in [2.24, 2.45) is 5.41 Å². The number of carboxylic acids is 1. The molecule has 4 N–H and O–H groups in total. The number of likely N-dealkylation sites (tertiary alicyclic amines) is 1. The second-order valence-corrected chi connectivity index (χ2v) is 20.1. The molecule has 0 bridgehead atoms. The van der Waals surface area contributed by atoms with Crippen LogP contribution in [0, 0.1) is 5.41 Å². The zero-order valence-electron chi connectivity index (χ0n) is 44.2. The highest BCUT2D eigenvalue weighted by atomic mass is 16.6. The molecule has 3 aromatic rings. The smallest absolute Gasteiger partial charge is 0.410 e. The van der Waals surface area contributed by atoms with Gasteiger partial charge in [0.05, 0.1) is 30.0 Å². The molecular formula is C59H98N4O6. The molecule has 10 heteroatoms. The van der Waals surface area contributed by atoms with Gasteiger partial charge in [0.2, 0.25) is 0 Å². The molecular weight excluding hydrogens is 861 g/mol. The van der Waals surface area contributed by atoms with Crippen LogP contribution < -0.4 is 16.3 Å². The Morgan fingerprint density at radius 1 is 0.536 bits per heavy atom. The maximum atomic E-state index is 12.1. The van der Waals surface area contributed by atoms with Gasteiger partial charge in [0.1, 0.15) is 5.60 Å². The Hall–Kier alpha value is -4.12. The molecule has 4 rings (SSSR count). The van der Waals surface area contributed by atoms with E-state index in [1.807, 2.05) is 112 Å². The average molecular weight is 959 g/mol. The molecule has 0 atom stereocenters. The molecule has 1 aliphatic rings. The fourth-order valence-corrected chi connectivity index (χ4v) is 8.26. The van der Waals surface area contributed by atoms with Gasteiger partial charge in [0, 0.05) is 26.2 Å². The first-order valence-electron chi connectivity index (χ1n) is 27.4. The lowest BCUT2D eigenvalue weighted by molar-refractivity contribution is -0.151. The number of unbranched alkanes of at least 4 members (excludes halogenated alkanes) is 22. The zero-order valence-corrected chi connectivity index (χ0v) is 44.2. The molecule has 1 amide bonds. The third-order valence-corrected chi connectivity index (χ3v) is 12.6. The molecule has 0 aromatic heterocycles. The number of carbonyl (C=O) groups excluding carboxylic acids is 1. The Bertz CT molecular complexity index is 1550. The number of nitrogens with one attached hydrogen (secondary N) is 3. The van der Waals surface area contributed by atoms with Crippen molar-refractivity contribution in [3.63, 3.8) is 0 Å². The van der Waals surface area contributed by atoms with Crippen LogP contribution >= 0.6 is 0 Å². The number of nitrogens with zero attached hydrogens (tertiary/aromatic N) is 1. The molecule has 0 unspecified atom stereocenters. The van der Waals surface area contributed by atoms with Crippen LogP contribution in [0.1, 0.15) is 207 Å². The summed E-state index contributed by atoms with van der Waals surface area (Å²) < 4.78 is 5.37. The van der Waals surface area contributed by atoms with Crippen molar-refractivity contribution in [2.45, 2.75) is 214 Å². The molecule has 0 spiro atoms. The summed E-state index contributed by atoms with van der Waals surface area (Å²) >= 11 is 0. The van der Waals surface area contributed by atoms with Gasteiger partial charge in [0.15, 0.2) is 0 Å². The van der Waals surface area contributed by atoms with Gasteiger partial charge in [-0.05, 0) is 76.3 Å². The number of hydrogen-bond donors (Lipinski definition) is 4. The standard InChI is InChI=1S/2C20H35NO.C19H28N2O4/c2*1-2-3-4-5-6-7-8-9-10-11-12-16-19-22-21-20-17-14-13-15-18-20;1-18(2,3)25-17(24)21-11-9-19(10-12-21,16(22)23)14-20-13-15-7-5-4-6-8-15/h2*13-15,17-18,21H,2-12,16,19H2,1H3;4-8,20H,9-14H2,1-3H3,(H,22,23). The van der Waals surface area contributed by atoms with E-state index in [9.17, 15) is 14.7 Å². The van der Waals surface area contributed by atoms with Gasteiger partial charge < -0.3 is 20.1 Å². The van der Waals surface area contributed by atoms with Crippen molar-refractivity contribution in [1.29, 1.82) is 0 Å². The summed E-state index contributed by atoms with van der Waals surface area (Å²) in [7, 11) is 0. The molecule has 69 heavy (non-hydrogen) atoms. The van der Waals surface area contributed by atoms with E-state index < -0.39 is 17.0 Å². The van der Waals surface area contributed by atoms with E-state index in [0.717, 1.165) is 43.0 Å². The lowest BCUT2D eigenvalue weighted by atomic mass is 9.78. The van der Waals surface area contributed by atoms with Gasteiger partial charge in [0.25, 0.3) is 0 Å². The first kappa shape index (κ1) is 61.0. The monoisotopic (exact) mass is 959 g/mol. The van der Waals surface area contributed by atoms with Crippen LogP contribution in [0.15, 0.2) is 91.0 Å². The van der Waals surface area contributed by atoms with E-state index in [1.165, 1.54) is 141 Å². The van der Waals surface area contributed by atoms with Crippen molar-refractivity contribution in [3.05, 3.63) is 96.6 Å². The minimum absolute atomic E-state index is 0.372. The number of rotatable bonds is 35. The van der Waals surface area contributed by atoms with Crippen molar-refractivity contribution in [3.8, 4) is 0 Å². The van der Waals surface area contributed by atoms with Crippen molar-refractivity contribution in [2.75, 3.05) is 43.8 Å². The topological polar surface area (TPSA) is 121 Å². The first-order chi connectivity index (χ1) is 33.6. The number of carboxylic acid groups (broad SMARTS) is 1. The zero-order chi connectivity index (χ0) is 49.9. The number of ether oxygens (including phenoxy) is 1.